The Hall–Kier alpha value is -3.42. The van der Waals surface area contributed by atoms with Crippen molar-refractivity contribution in [3.8, 4) is 11.4 Å². The molecule has 4 heterocycles. The van der Waals surface area contributed by atoms with Crippen molar-refractivity contribution in [2.75, 3.05) is 4.90 Å². The Morgan fingerprint density at radius 1 is 1.06 bits per heavy atom. The fraction of sp³-hybridized carbons (Fsp3) is 0.125. The number of hydrogen-bond donors (Lipinski definition) is 2. The van der Waals surface area contributed by atoms with Crippen LogP contribution in [-0.4, -0.2) is 24.8 Å². The minimum absolute atomic E-state index is 0.0985. The molecule has 1 aliphatic heterocycles. The number of pyridine rings is 2. The van der Waals surface area contributed by atoms with E-state index in [9.17, 15) is 5.11 Å². The Morgan fingerprint density at radius 3 is 2.69 bits per heavy atom. The van der Waals surface area contributed by atoms with Gasteiger partial charge in [-0.3, -0.25) is 9.97 Å². The maximum atomic E-state index is 10.7. The van der Waals surface area contributed by atoms with E-state index in [4.69, 9.17) is 23.8 Å². The van der Waals surface area contributed by atoms with E-state index in [-0.39, 0.29) is 17.8 Å². The summed E-state index contributed by atoms with van der Waals surface area (Å²) in [6.45, 7) is 2.05. The van der Waals surface area contributed by atoms with Crippen molar-refractivity contribution in [3.63, 3.8) is 0 Å². The number of nitrogens with one attached hydrogen (secondary N) is 1. The van der Waals surface area contributed by atoms with Gasteiger partial charge in [0.15, 0.2) is 5.11 Å². The summed E-state index contributed by atoms with van der Waals surface area (Å²) < 4.78 is 2.15. The number of hydrogen-bond acceptors (Lipinski definition) is 4. The molecule has 0 unspecified atom stereocenters. The van der Waals surface area contributed by atoms with Crippen molar-refractivity contribution in [2.24, 2.45) is 0 Å². The van der Waals surface area contributed by atoms with Gasteiger partial charge in [0.25, 0.3) is 0 Å². The van der Waals surface area contributed by atoms with Crippen LogP contribution in [-0.2, 0) is 0 Å². The Morgan fingerprint density at radius 2 is 1.94 bits per heavy atom. The summed E-state index contributed by atoms with van der Waals surface area (Å²) in [5, 5.41) is 15.1. The van der Waals surface area contributed by atoms with Gasteiger partial charge < -0.3 is 19.9 Å². The number of aryl methyl sites for hydroxylation is 1. The van der Waals surface area contributed by atoms with Crippen molar-refractivity contribution < 1.29 is 5.11 Å². The number of rotatable bonds is 4. The topological polar surface area (TPSA) is 66.2 Å². The van der Waals surface area contributed by atoms with Crippen LogP contribution in [0.5, 0.6) is 5.75 Å². The van der Waals surface area contributed by atoms with E-state index in [0.717, 1.165) is 22.8 Å². The predicted molar refractivity (Wildman–Crippen MR) is 129 cm³/mol. The molecule has 1 aromatic carbocycles. The van der Waals surface area contributed by atoms with Crippen LogP contribution >= 0.6 is 23.8 Å². The summed E-state index contributed by atoms with van der Waals surface area (Å²) in [6.07, 6.45) is 5.34. The monoisotopic (exact) mass is 461 g/mol. The van der Waals surface area contributed by atoms with E-state index in [1.165, 1.54) is 0 Å². The molecule has 5 rings (SSSR count). The summed E-state index contributed by atoms with van der Waals surface area (Å²) in [5.41, 5.74) is 4.37. The zero-order chi connectivity index (χ0) is 22.2. The Kier molecular flexibility index (Phi) is 5.28. The minimum Gasteiger partial charge on any atom is -0.506 e. The van der Waals surface area contributed by atoms with Crippen molar-refractivity contribution in [2.45, 2.75) is 19.0 Å². The fourth-order valence-corrected chi connectivity index (χ4v) is 4.74. The summed E-state index contributed by atoms with van der Waals surface area (Å²) in [7, 11) is 0. The Balaban J connectivity index is 1.73. The molecule has 3 aromatic heterocycles. The molecular formula is C24H20ClN5OS. The van der Waals surface area contributed by atoms with Gasteiger partial charge in [-0.15, -0.1) is 0 Å². The van der Waals surface area contributed by atoms with E-state index in [1.807, 2.05) is 48.4 Å². The molecule has 6 nitrogen and oxygen atoms in total. The van der Waals surface area contributed by atoms with Gasteiger partial charge in [-0.1, -0.05) is 17.7 Å². The van der Waals surface area contributed by atoms with Gasteiger partial charge in [-0.25, -0.2) is 0 Å². The van der Waals surface area contributed by atoms with Crippen LogP contribution in [0.15, 0.2) is 79.3 Å². The number of anilines is 1. The van der Waals surface area contributed by atoms with Crippen LogP contribution < -0.4 is 10.2 Å². The number of phenols is 1. The highest BCUT2D eigenvalue weighted by Crippen LogP contribution is 2.45. The van der Waals surface area contributed by atoms with Crippen LogP contribution in [0, 0.1) is 6.92 Å². The molecule has 0 radical (unpaired) electrons. The van der Waals surface area contributed by atoms with Crippen LogP contribution in [0.25, 0.3) is 5.69 Å². The van der Waals surface area contributed by atoms with Gasteiger partial charge in [-0.2, -0.15) is 0 Å². The zero-order valence-corrected chi connectivity index (χ0v) is 18.8. The lowest BCUT2D eigenvalue weighted by Crippen LogP contribution is -2.30. The van der Waals surface area contributed by atoms with Crippen LogP contribution in [0.3, 0.4) is 0 Å². The first-order valence-corrected chi connectivity index (χ1v) is 10.9. The third-order valence-corrected chi connectivity index (χ3v) is 6.16. The number of nitrogens with zero attached hydrogens (tertiary/aromatic N) is 4. The molecule has 0 aliphatic carbocycles. The molecule has 1 saturated heterocycles. The third-order valence-electron chi connectivity index (χ3n) is 5.61. The first kappa shape index (κ1) is 20.5. The summed E-state index contributed by atoms with van der Waals surface area (Å²) in [6, 6.07) is 18.3. The summed E-state index contributed by atoms with van der Waals surface area (Å²) in [4.78, 5) is 10.8. The second kappa shape index (κ2) is 8.26. The first-order valence-electron chi connectivity index (χ1n) is 10.1. The summed E-state index contributed by atoms with van der Waals surface area (Å²) in [5.74, 6) is 0.0985. The second-order valence-corrected chi connectivity index (χ2v) is 8.40. The molecular weight excluding hydrogens is 442 g/mol. The first-order chi connectivity index (χ1) is 15.5. The lowest BCUT2D eigenvalue weighted by atomic mass is 10.0. The standard InChI is InChI=1S/C24H20ClN5OS/c1-15-7-9-19(29(15)17-5-4-11-26-14-17)23-22(18-6-2-3-12-27-18)28-24(32)30(23)20-13-16(25)8-10-21(20)31/h2-14,22-23,31H,1H3,(H,28,32)/t22-,23-/m0/s1. The SMILES string of the molecule is Cc1ccc([C@H]2[C@H](c3ccccn3)NC(=S)N2c2cc(Cl)ccc2O)n1-c1cccnc1. The number of halogens is 1. The van der Waals surface area contributed by atoms with E-state index in [0.29, 0.717) is 15.8 Å². The van der Waals surface area contributed by atoms with Crippen LogP contribution in [0.2, 0.25) is 5.02 Å². The average Bonchev–Trinajstić information content (AvgIpc) is 3.36. The zero-order valence-electron chi connectivity index (χ0n) is 17.2. The van der Waals surface area contributed by atoms with E-state index >= 15 is 0 Å². The van der Waals surface area contributed by atoms with Gasteiger partial charge in [-0.05, 0) is 73.7 Å². The highest BCUT2D eigenvalue weighted by molar-refractivity contribution is 7.80. The molecule has 2 N–H and O–H groups in total. The van der Waals surface area contributed by atoms with E-state index in [2.05, 4.69) is 32.0 Å². The average molecular weight is 462 g/mol. The normalized spacial score (nSPS) is 18.1. The predicted octanol–water partition coefficient (Wildman–Crippen LogP) is 5.11. The largest absolute Gasteiger partial charge is 0.506 e. The highest BCUT2D eigenvalue weighted by atomic mass is 35.5. The van der Waals surface area contributed by atoms with Gasteiger partial charge in [0.1, 0.15) is 11.8 Å². The molecule has 2 atom stereocenters. The highest BCUT2D eigenvalue weighted by Gasteiger charge is 2.43. The maximum Gasteiger partial charge on any atom is 0.174 e. The molecule has 0 amide bonds. The third kappa shape index (κ3) is 3.49. The maximum absolute atomic E-state index is 10.7. The minimum atomic E-state index is -0.296. The Labute approximate surface area is 196 Å². The van der Waals surface area contributed by atoms with E-state index < -0.39 is 0 Å². The quantitative estimate of drug-likeness (QED) is 0.411. The number of thiocarbonyl (C=S) groups is 1. The van der Waals surface area contributed by atoms with Crippen molar-refractivity contribution >= 4 is 34.6 Å². The molecule has 0 spiro atoms. The van der Waals surface area contributed by atoms with Gasteiger partial charge in [0.05, 0.1) is 29.3 Å². The molecule has 1 aliphatic rings. The number of phenolic OH excluding ortho intramolecular Hbond substituents is 1. The van der Waals surface area contributed by atoms with Crippen molar-refractivity contribution in [1.82, 2.24) is 19.9 Å². The van der Waals surface area contributed by atoms with Crippen molar-refractivity contribution in [1.29, 1.82) is 0 Å². The smallest absolute Gasteiger partial charge is 0.174 e. The molecule has 32 heavy (non-hydrogen) atoms. The second-order valence-electron chi connectivity index (χ2n) is 7.58. The van der Waals surface area contributed by atoms with Gasteiger partial charge in [0.2, 0.25) is 0 Å². The fourth-order valence-electron chi connectivity index (χ4n) is 4.23. The van der Waals surface area contributed by atoms with Crippen LogP contribution in [0.4, 0.5) is 5.69 Å². The van der Waals surface area contributed by atoms with Crippen LogP contribution in [0.1, 0.15) is 29.2 Å². The number of benzene rings is 1. The molecule has 0 saturated carbocycles. The molecule has 4 aromatic rings. The number of aromatic nitrogens is 3. The summed E-state index contributed by atoms with van der Waals surface area (Å²) >= 11 is 12.1. The lowest BCUT2D eigenvalue weighted by molar-refractivity contribution is 0.472. The van der Waals surface area contributed by atoms with Gasteiger partial charge in [0, 0.05) is 28.8 Å². The van der Waals surface area contributed by atoms with Crippen molar-refractivity contribution in [3.05, 3.63) is 101 Å². The molecule has 1 fully saturated rings. The number of aromatic hydroxyl groups is 1. The lowest BCUT2D eigenvalue weighted by Gasteiger charge is -2.29. The molecule has 160 valence electrons. The van der Waals surface area contributed by atoms with Gasteiger partial charge >= 0.3 is 0 Å². The molecule has 8 heteroatoms. The van der Waals surface area contributed by atoms with E-state index in [1.54, 1.807) is 30.6 Å². The molecule has 0 bridgehead atoms. The Bertz CT molecular complexity index is 1280.